The summed E-state index contributed by atoms with van der Waals surface area (Å²) in [5, 5.41) is 5.68. The summed E-state index contributed by atoms with van der Waals surface area (Å²) in [5.41, 5.74) is -0.963. The number of nitrogens with one attached hydrogen (secondary N) is 2. The average molecular weight is 272 g/mol. The van der Waals surface area contributed by atoms with E-state index in [1.165, 1.54) is 0 Å². The Balaban J connectivity index is 2.17. The van der Waals surface area contributed by atoms with Gasteiger partial charge in [-0.15, -0.1) is 0 Å². The highest BCUT2D eigenvalue weighted by molar-refractivity contribution is 5.77. The van der Waals surface area contributed by atoms with Gasteiger partial charge in [0.2, 0.25) is 0 Å². The molecule has 1 heterocycles. The summed E-state index contributed by atoms with van der Waals surface area (Å²) in [4.78, 5) is 23.2. The summed E-state index contributed by atoms with van der Waals surface area (Å²) in [6.07, 6.45) is 0.281. The quantitative estimate of drug-likeness (QED) is 0.591. The predicted octanol–water partition coefficient (Wildman–Crippen LogP) is 1.05. The van der Waals surface area contributed by atoms with Crippen LogP contribution < -0.4 is 10.6 Å². The van der Waals surface area contributed by atoms with Crippen molar-refractivity contribution in [2.75, 3.05) is 26.2 Å². The molecule has 0 aliphatic carbocycles. The first-order chi connectivity index (χ1) is 8.73. The first kappa shape index (κ1) is 15.8. The van der Waals surface area contributed by atoms with E-state index in [0.717, 1.165) is 13.0 Å². The SMILES string of the molecule is CC(C)(C)OC(=O)NCCOC(=O)C1(C)CCNC1. The molecule has 0 aromatic rings. The van der Waals surface area contributed by atoms with Crippen LogP contribution in [0, 0.1) is 5.41 Å². The van der Waals surface area contributed by atoms with Crippen LogP contribution in [0.4, 0.5) is 4.79 Å². The zero-order valence-electron chi connectivity index (χ0n) is 12.2. The molecule has 0 aromatic carbocycles. The smallest absolute Gasteiger partial charge is 0.407 e. The van der Waals surface area contributed by atoms with Gasteiger partial charge in [0.25, 0.3) is 0 Å². The number of rotatable bonds is 4. The van der Waals surface area contributed by atoms with Crippen molar-refractivity contribution in [3.63, 3.8) is 0 Å². The highest BCUT2D eigenvalue weighted by Crippen LogP contribution is 2.25. The lowest BCUT2D eigenvalue weighted by molar-refractivity contribution is -0.153. The Morgan fingerprint density at radius 2 is 2.05 bits per heavy atom. The number of hydrogen-bond acceptors (Lipinski definition) is 5. The molecule has 110 valence electrons. The van der Waals surface area contributed by atoms with E-state index in [0.29, 0.717) is 6.54 Å². The van der Waals surface area contributed by atoms with Gasteiger partial charge in [-0.2, -0.15) is 0 Å². The topological polar surface area (TPSA) is 76.7 Å². The third-order valence-corrected chi connectivity index (χ3v) is 2.86. The summed E-state index contributed by atoms with van der Waals surface area (Å²) in [6, 6.07) is 0. The molecule has 1 atom stereocenters. The molecular weight excluding hydrogens is 248 g/mol. The Bertz CT molecular complexity index is 330. The molecule has 1 amide bonds. The highest BCUT2D eigenvalue weighted by Gasteiger charge is 2.37. The van der Waals surface area contributed by atoms with E-state index in [9.17, 15) is 9.59 Å². The van der Waals surface area contributed by atoms with Crippen LogP contribution in [0.3, 0.4) is 0 Å². The van der Waals surface area contributed by atoms with E-state index in [2.05, 4.69) is 10.6 Å². The molecule has 1 unspecified atom stereocenters. The van der Waals surface area contributed by atoms with Crippen molar-refractivity contribution in [2.45, 2.75) is 39.7 Å². The maximum atomic E-state index is 11.8. The maximum absolute atomic E-state index is 11.8. The Labute approximate surface area is 114 Å². The Hall–Kier alpha value is -1.30. The van der Waals surface area contributed by atoms with Gasteiger partial charge in [0.15, 0.2) is 0 Å². The lowest BCUT2D eigenvalue weighted by atomic mass is 9.90. The van der Waals surface area contributed by atoms with E-state index < -0.39 is 17.1 Å². The van der Waals surface area contributed by atoms with Crippen LogP contribution in [0.25, 0.3) is 0 Å². The van der Waals surface area contributed by atoms with Crippen LogP contribution >= 0.6 is 0 Å². The highest BCUT2D eigenvalue weighted by atomic mass is 16.6. The third-order valence-electron chi connectivity index (χ3n) is 2.86. The van der Waals surface area contributed by atoms with Crippen LogP contribution in [0.1, 0.15) is 34.1 Å². The molecule has 2 N–H and O–H groups in total. The number of esters is 1. The second-order valence-corrected chi connectivity index (χ2v) is 6.05. The average Bonchev–Trinajstić information content (AvgIpc) is 2.70. The van der Waals surface area contributed by atoms with Crippen molar-refractivity contribution in [3.05, 3.63) is 0 Å². The van der Waals surface area contributed by atoms with Gasteiger partial charge in [-0.1, -0.05) is 0 Å². The van der Waals surface area contributed by atoms with E-state index in [1.54, 1.807) is 20.8 Å². The van der Waals surface area contributed by atoms with E-state index >= 15 is 0 Å². The van der Waals surface area contributed by atoms with Crippen LogP contribution in [0.2, 0.25) is 0 Å². The van der Waals surface area contributed by atoms with Crippen molar-refractivity contribution in [1.82, 2.24) is 10.6 Å². The minimum Gasteiger partial charge on any atom is -0.463 e. The molecule has 1 aliphatic rings. The summed E-state index contributed by atoms with van der Waals surface area (Å²) in [7, 11) is 0. The normalized spacial score (nSPS) is 22.9. The molecule has 0 aromatic heterocycles. The molecule has 1 saturated heterocycles. The molecule has 0 bridgehead atoms. The molecule has 6 nitrogen and oxygen atoms in total. The summed E-state index contributed by atoms with van der Waals surface area (Å²) >= 11 is 0. The largest absolute Gasteiger partial charge is 0.463 e. The maximum Gasteiger partial charge on any atom is 0.407 e. The van der Waals surface area contributed by atoms with Gasteiger partial charge in [-0.05, 0) is 40.7 Å². The number of carbonyl (C=O) groups is 2. The number of ether oxygens (including phenoxy) is 2. The second kappa shape index (κ2) is 6.23. The van der Waals surface area contributed by atoms with Crippen LogP contribution in [0.5, 0.6) is 0 Å². The van der Waals surface area contributed by atoms with E-state index in [4.69, 9.17) is 9.47 Å². The van der Waals surface area contributed by atoms with Crippen LogP contribution in [-0.4, -0.2) is 43.9 Å². The Morgan fingerprint density at radius 3 is 2.58 bits per heavy atom. The van der Waals surface area contributed by atoms with Crippen LogP contribution in [-0.2, 0) is 14.3 Å². The molecule has 0 saturated carbocycles. The van der Waals surface area contributed by atoms with Gasteiger partial charge in [-0.25, -0.2) is 4.79 Å². The fourth-order valence-corrected chi connectivity index (χ4v) is 1.78. The molecule has 1 fully saturated rings. The van der Waals surface area contributed by atoms with Gasteiger partial charge in [0, 0.05) is 6.54 Å². The summed E-state index contributed by atoms with van der Waals surface area (Å²) < 4.78 is 10.2. The third kappa shape index (κ3) is 5.46. The zero-order valence-corrected chi connectivity index (χ0v) is 12.2. The van der Waals surface area contributed by atoms with Gasteiger partial charge in [0.1, 0.15) is 12.2 Å². The summed E-state index contributed by atoms with van der Waals surface area (Å²) in [6.45, 7) is 9.16. The summed E-state index contributed by atoms with van der Waals surface area (Å²) in [5.74, 6) is -0.219. The van der Waals surface area contributed by atoms with Crippen molar-refractivity contribution >= 4 is 12.1 Å². The lowest BCUT2D eigenvalue weighted by Gasteiger charge is -2.21. The lowest BCUT2D eigenvalue weighted by Crippen LogP contribution is -2.36. The molecule has 6 heteroatoms. The number of amides is 1. The van der Waals surface area contributed by atoms with Crippen molar-refractivity contribution in [2.24, 2.45) is 5.41 Å². The minimum atomic E-state index is -0.524. The monoisotopic (exact) mass is 272 g/mol. The van der Waals surface area contributed by atoms with Crippen molar-refractivity contribution in [3.8, 4) is 0 Å². The van der Waals surface area contributed by atoms with Crippen LogP contribution in [0.15, 0.2) is 0 Å². The fraction of sp³-hybridized carbons (Fsp3) is 0.846. The predicted molar refractivity (Wildman–Crippen MR) is 70.8 cm³/mol. The Kier molecular flexibility index (Phi) is 5.17. The first-order valence-electron chi connectivity index (χ1n) is 6.58. The van der Waals surface area contributed by atoms with Gasteiger partial charge < -0.3 is 20.1 Å². The number of hydrogen-bond donors (Lipinski definition) is 2. The molecular formula is C13H24N2O4. The second-order valence-electron chi connectivity index (χ2n) is 6.05. The number of alkyl carbamates (subject to hydrolysis) is 1. The molecule has 0 spiro atoms. The van der Waals surface area contributed by atoms with Gasteiger partial charge in [0.05, 0.1) is 12.0 Å². The zero-order chi connectivity index (χ0) is 14.5. The molecule has 0 radical (unpaired) electrons. The minimum absolute atomic E-state index is 0.160. The van der Waals surface area contributed by atoms with E-state index in [-0.39, 0.29) is 19.1 Å². The van der Waals surface area contributed by atoms with Gasteiger partial charge >= 0.3 is 12.1 Å². The molecule has 1 rings (SSSR count). The van der Waals surface area contributed by atoms with Crippen molar-refractivity contribution < 1.29 is 19.1 Å². The Morgan fingerprint density at radius 1 is 1.37 bits per heavy atom. The number of carbonyl (C=O) groups excluding carboxylic acids is 2. The first-order valence-corrected chi connectivity index (χ1v) is 6.58. The van der Waals surface area contributed by atoms with E-state index in [1.807, 2.05) is 6.92 Å². The standard InChI is InChI=1S/C13H24N2O4/c1-12(2,3)19-11(17)15-7-8-18-10(16)13(4)5-6-14-9-13/h14H,5-9H2,1-4H3,(H,15,17). The van der Waals surface area contributed by atoms with Crippen molar-refractivity contribution in [1.29, 1.82) is 0 Å². The molecule has 1 aliphatic heterocycles. The fourth-order valence-electron chi connectivity index (χ4n) is 1.78. The van der Waals surface area contributed by atoms with Gasteiger partial charge in [-0.3, -0.25) is 4.79 Å². The molecule has 19 heavy (non-hydrogen) atoms.